The summed E-state index contributed by atoms with van der Waals surface area (Å²) in [5.41, 5.74) is 0.627. The van der Waals surface area contributed by atoms with Crippen molar-refractivity contribution < 1.29 is 14.3 Å². The van der Waals surface area contributed by atoms with E-state index in [1.54, 1.807) is 30.3 Å². The summed E-state index contributed by atoms with van der Waals surface area (Å²) in [5.74, 6) is 0.224. The lowest BCUT2D eigenvalue weighted by atomic mass is 9.97. The molecule has 24 heavy (non-hydrogen) atoms. The molecule has 1 atom stereocenters. The molecule has 0 aromatic carbocycles. The second-order valence-corrected chi connectivity index (χ2v) is 6.59. The second-order valence-electron chi connectivity index (χ2n) is 5.65. The van der Waals surface area contributed by atoms with Gasteiger partial charge in [-0.2, -0.15) is 0 Å². The molecule has 1 N–H and O–H groups in total. The number of amides is 2. The van der Waals surface area contributed by atoms with Gasteiger partial charge in [0.15, 0.2) is 0 Å². The minimum Gasteiger partial charge on any atom is -0.481 e. The first kappa shape index (κ1) is 16.4. The Labute approximate surface area is 144 Å². The monoisotopic (exact) mass is 345 g/mol. The number of hydrogen-bond donors (Lipinski definition) is 1. The molecule has 3 heterocycles. The van der Waals surface area contributed by atoms with Crippen LogP contribution in [0.5, 0.6) is 5.88 Å². The number of nitrogens with one attached hydrogen (secondary N) is 1. The van der Waals surface area contributed by atoms with E-state index < -0.39 is 0 Å². The smallest absolute Gasteiger partial charge is 0.263 e. The van der Waals surface area contributed by atoms with Gasteiger partial charge in [-0.15, -0.1) is 11.3 Å². The lowest BCUT2D eigenvalue weighted by Crippen LogP contribution is -2.43. The van der Waals surface area contributed by atoms with Gasteiger partial charge in [-0.1, -0.05) is 6.07 Å². The van der Waals surface area contributed by atoms with E-state index in [0.717, 1.165) is 17.7 Å². The first-order valence-corrected chi connectivity index (χ1v) is 8.69. The van der Waals surface area contributed by atoms with E-state index >= 15 is 0 Å². The third-order valence-corrected chi connectivity index (χ3v) is 4.88. The predicted octanol–water partition coefficient (Wildman–Crippen LogP) is 2.64. The van der Waals surface area contributed by atoms with Crippen molar-refractivity contribution in [2.45, 2.75) is 12.8 Å². The van der Waals surface area contributed by atoms with Crippen molar-refractivity contribution in [2.75, 3.05) is 25.5 Å². The SMILES string of the molecule is COc1ccc(NC(=O)[C@H]2CCCN(C(=O)c3cccs3)C2)cn1. The first-order valence-electron chi connectivity index (χ1n) is 7.81. The van der Waals surface area contributed by atoms with Gasteiger partial charge in [-0.05, 0) is 30.4 Å². The van der Waals surface area contributed by atoms with Gasteiger partial charge in [-0.3, -0.25) is 9.59 Å². The summed E-state index contributed by atoms with van der Waals surface area (Å²) in [4.78, 5) is 31.5. The number of rotatable bonds is 4. The van der Waals surface area contributed by atoms with Gasteiger partial charge in [0.05, 0.1) is 29.8 Å². The average Bonchev–Trinajstić information content (AvgIpc) is 3.16. The van der Waals surface area contributed by atoms with E-state index in [-0.39, 0.29) is 17.7 Å². The normalized spacial score (nSPS) is 17.4. The maximum absolute atomic E-state index is 12.5. The number of carbonyl (C=O) groups is 2. The first-order chi connectivity index (χ1) is 11.7. The Hall–Kier alpha value is -2.41. The number of ether oxygens (including phenoxy) is 1. The third kappa shape index (κ3) is 3.73. The molecule has 0 aliphatic carbocycles. The largest absolute Gasteiger partial charge is 0.481 e. The second kappa shape index (κ2) is 7.44. The quantitative estimate of drug-likeness (QED) is 0.925. The van der Waals surface area contributed by atoms with Gasteiger partial charge in [0.2, 0.25) is 11.8 Å². The molecule has 0 radical (unpaired) electrons. The Morgan fingerprint density at radius 3 is 2.92 bits per heavy atom. The number of piperidine rings is 1. The molecule has 1 fully saturated rings. The molecule has 0 spiro atoms. The summed E-state index contributed by atoms with van der Waals surface area (Å²) in [7, 11) is 1.54. The molecule has 1 aliphatic rings. The Morgan fingerprint density at radius 2 is 2.25 bits per heavy atom. The summed E-state index contributed by atoms with van der Waals surface area (Å²) >= 11 is 1.43. The number of aromatic nitrogens is 1. The summed E-state index contributed by atoms with van der Waals surface area (Å²) in [6.07, 6.45) is 3.17. The summed E-state index contributed by atoms with van der Waals surface area (Å²) in [5, 5.41) is 4.75. The van der Waals surface area contributed by atoms with Crippen LogP contribution in [0.25, 0.3) is 0 Å². The highest BCUT2D eigenvalue weighted by atomic mass is 32.1. The van der Waals surface area contributed by atoms with Gasteiger partial charge in [0, 0.05) is 19.2 Å². The van der Waals surface area contributed by atoms with Crippen LogP contribution in [0.3, 0.4) is 0 Å². The van der Waals surface area contributed by atoms with E-state index in [1.165, 1.54) is 11.3 Å². The molecular weight excluding hydrogens is 326 g/mol. The number of nitrogens with zero attached hydrogens (tertiary/aromatic N) is 2. The van der Waals surface area contributed by atoms with Crippen LogP contribution in [0, 0.1) is 5.92 Å². The molecule has 3 rings (SSSR count). The molecule has 0 unspecified atom stereocenters. The zero-order valence-corrected chi connectivity index (χ0v) is 14.2. The molecule has 2 amide bonds. The van der Waals surface area contributed by atoms with Gasteiger partial charge < -0.3 is 15.0 Å². The van der Waals surface area contributed by atoms with Crippen molar-refractivity contribution >= 4 is 28.8 Å². The van der Waals surface area contributed by atoms with Crippen molar-refractivity contribution in [3.63, 3.8) is 0 Å². The number of thiophene rings is 1. The zero-order valence-electron chi connectivity index (χ0n) is 13.4. The topological polar surface area (TPSA) is 71.5 Å². The molecule has 126 valence electrons. The predicted molar refractivity (Wildman–Crippen MR) is 92.4 cm³/mol. The Kier molecular flexibility index (Phi) is 5.10. The van der Waals surface area contributed by atoms with Crippen molar-refractivity contribution in [3.8, 4) is 5.88 Å². The van der Waals surface area contributed by atoms with Crippen molar-refractivity contribution in [3.05, 3.63) is 40.7 Å². The number of pyridine rings is 1. The standard InChI is InChI=1S/C17H19N3O3S/c1-23-15-7-6-13(10-18-15)19-16(21)12-4-2-8-20(11-12)17(22)14-5-3-9-24-14/h3,5-7,9-10,12H,2,4,8,11H2,1H3,(H,19,21)/t12-/m0/s1. The van der Waals surface area contributed by atoms with Crippen molar-refractivity contribution in [1.82, 2.24) is 9.88 Å². The molecule has 1 saturated heterocycles. The van der Waals surface area contributed by atoms with Crippen molar-refractivity contribution in [2.24, 2.45) is 5.92 Å². The molecular formula is C17H19N3O3S. The van der Waals surface area contributed by atoms with Gasteiger partial charge in [-0.25, -0.2) is 4.98 Å². The van der Waals surface area contributed by atoms with E-state index in [2.05, 4.69) is 10.3 Å². The highest BCUT2D eigenvalue weighted by Crippen LogP contribution is 2.22. The van der Waals surface area contributed by atoms with Crippen LogP contribution in [-0.4, -0.2) is 41.9 Å². The zero-order chi connectivity index (χ0) is 16.9. The summed E-state index contributed by atoms with van der Waals surface area (Å²) in [6.45, 7) is 1.15. The lowest BCUT2D eigenvalue weighted by Gasteiger charge is -2.31. The van der Waals surface area contributed by atoms with Crippen molar-refractivity contribution in [1.29, 1.82) is 0 Å². The molecule has 7 heteroatoms. The Balaban J connectivity index is 1.61. The summed E-state index contributed by atoms with van der Waals surface area (Å²) < 4.78 is 5.00. The van der Waals surface area contributed by atoms with Gasteiger partial charge >= 0.3 is 0 Å². The van der Waals surface area contributed by atoms with Crippen LogP contribution >= 0.6 is 11.3 Å². The molecule has 0 bridgehead atoms. The molecule has 2 aromatic rings. The van der Waals surface area contributed by atoms with Gasteiger partial charge in [0.1, 0.15) is 0 Å². The van der Waals surface area contributed by atoms with E-state index in [1.807, 2.05) is 17.5 Å². The average molecular weight is 345 g/mol. The number of carbonyl (C=O) groups excluding carboxylic acids is 2. The van der Waals surface area contributed by atoms with E-state index in [9.17, 15) is 9.59 Å². The van der Waals surface area contributed by atoms with E-state index in [0.29, 0.717) is 24.7 Å². The number of hydrogen-bond acceptors (Lipinski definition) is 5. The molecule has 1 aliphatic heterocycles. The van der Waals surface area contributed by atoms with Crippen LogP contribution in [0.2, 0.25) is 0 Å². The minimum absolute atomic E-state index is 0.00798. The molecule has 0 saturated carbocycles. The van der Waals surface area contributed by atoms with Crippen LogP contribution in [0.15, 0.2) is 35.8 Å². The highest BCUT2D eigenvalue weighted by Gasteiger charge is 2.29. The third-order valence-electron chi connectivity index (χ3n) is 4.02. The number of methoxy groups -OCH3 is 1. The Bertz CT molecular complexity index is 700. The fraction of sp³-hybridized carbons (Fsp3) is 0.353. The maximum Gasteiger partial charge on any atom is 0.263 e. The van der Waals surface area contributed by atoms with Crippen LogP contribution in [0.1, 0.15) is 22.5 Å². The molecule has 6 nitrogen and oxygen atoms in total. The van der Waals surface area contributed by atoms with Gasteiger partial charge in [0.25, 0.3) is 5.91 Å². The number of anilines is 1. The molecule has 2 aromatic heterocycles. The highest BCUT2D eigenvalue weighted by molar-refractivity contribution is 7.12. The van der Waals surface area contributed by atoms with Crippen LogP contribution in [-0.2, 0) is 4.79 Å². The van der Waals surface area contributed by atoms with Crippen LogP contribution in [0.4, 0.5) is 5.69 Å². The minimum atomic E-state index is -0.204. The maximum atomic E-state index is 12.5. The lowest BCUT2D eigenvalue weighted by molar-refractivity contribution is -0.121. The van der Waals surface area contributed by atoms with E-state index in [4.69, 9.17) is 4.74 Å². The Morgan fingerprint density at radius 1 is 1.38 bits per heavy atom. The number of likely N-dealkylation sites (tertiary alicyclic amines) is 1. The van der Waals surface area contributed by atoms with Crippen LogP contribution < -0.4 is 10.1 Å². The fourth-order valence-corrected chi connectivity index (χ4v) is 3.44. The summed E-state index contributed by atoms with van der Waals surface area (Å²) in [6, 6.07) is 7.13. The fourth-order valence-electron chi connectivity index (χ4n) is 2.75.